The molecule has 0 heterocycles. The molecule has 5 nitrogen and oxygen atoms in total. The molecule has 16 heavy (non-hydrogen) atoms. The molecular formula is C11H21NO4. The van der Waals surface area contributed by atoms with Crippen LogP contribution in [0, 0.1) is 11.8 Å². The van der Waals surface area contributed by atoms with Crippen molar-refractivity contribution in [1.82, 2.24) is 4.90 Å². The van der Waals surface area contributed by atoms with Crippen molar-refractivity contribution in [3.8, 4) is 0 Å². The van der Waals surface area contributed by atoms with E-state index in [0.29, 0.717) is 0 Å². The Balaban J connectivity index is 4.74. The van der Waals surface area contributed by atoms with Crippen molar-refractivity contribution in [2.45, 2.75) is 33.2 Å². The smallest absolute Gasteiger partial charge is 0.307 e. The molecule has 2 N–H and O–H groups in total. The van der Waals surface area contributed by atoms with Gasteiger partial charge in [0.2, 0.25) is 5.91 Å². The van der Waals surface area contributed by atoms with Gasteiger partial charge in [-0.15, -0.1) is 0 Å². The van der Waals surface area contributed by atoms with Crippen LogP contribution in [-0.2, 0) is 9.59 Å². The Morgan fingerprint density at radius 1 is 1.25 bits per heavy atom. The largest absolute Gasteiger partial charge is 0.481 e. The maximum atomic E-state index is 11.9. The van der Waals surface area contributed by atoms with Crippen molar-refractivity contribution in [2.75, 3.05) is 13.7 Å². The number of hydrogen-bond acceptors (Lipinski definition) is 3. The topological polar surface area (TPSA) is 77.8 Å². The highest BCUT2D eigenvalue weighted by atomic mass is 16.4. The van der Waals surface area contributed by atoms with Gasteiger partial charge in [-0.25, -0.2) is 0 Å². The van der Waals surface area contributed by atoms with Gasteiger partial charge in [0.15, 0.2) is 0 Å². The quantitative estimate of drug-likeness (QED) is 0.725. The average molecular weight is 231 g/mol. The molecule has 1 amide bonds. The van der Waals surface area contributed by atoms with Crippen LogP contribution in [0.5, 0.6) is 0 Å². The molecule has 0 radical (unpaired) electrons. The normalized spacial score (nSPS) is 15.4. The first-order valence-electron chi connectivity index (χ1n) is 5.26. The van der Waals surface area contributed by atoms with Crippen LogP contribution in [-0.4, -0.2) is 46.2 Å². The zero-order chi connectivity index (χ0) is 13.1. The molecule has 0 aliphatic heterocycles. The Labute approximate surface area is 96.1 Å². The van der Waals surface area contributed by atoms with Gasteiger partial charge < -0.3 is 15.1 Å². The molecule has 0 saturated heterocycles. The van der Waals surface area contributed by atoms with Crippen LogP contribution < -0.4 is 0 Å². The maximum Gasteiger partial charge on any atom is 0.307 e. The van der Waals surface area contributed by atoms with Crippen molar-refractivity contribution >= 4 is 11.9 Å². The Kier molecular flexibility index (Phi) is 4.93. The number of amides is 1. The third-order valence-corrected chi connectivity index (χ3v) is 3.15. The van der Waals surface area contributed by atoms with Gasteiger partial charge in [0.05, 0.1) is 18.1 Å². The second kappa shape index (κ2) is 5.30. The number of aliphatic hydroxyl groups is 1. The lowest BCUT2D eigenvalue weighted by Gasteiger charge is -2.36. The minimum atomic E-state index is -0.990. The molecule has 0 rings (SSSR count). The molecule has 0 saturated carbocycles. The summed E-state index contributed by atoms with van der Waals surface area (Å²) in [4.78, 5) is 24.1. The summed E-state index contributed by atoms with van der Waals surface area (Å²) in [5, 5.41) is 18.0. The highest BCUT2D eigenvalue weighted by Crippen LogP contribution is 2.19. The van der Waals surface area contributed by atoms with Crippen molar-refractivity contribution in [3.63, 3.8) is 0 Å². The Morgan fingerprint density at radius 2 is 1.69 bits per heavy atom. The number of carboxylic acid groups (broad SMARTS) is 1. The van der Waals surface area contributed by atoms with E-state index >= 15 is 0 Å². The first-order valence-corrected chi connectivity index (χ1v) is 5.26. The minimum absolute atomic E-state index is 0.163. The molecule has 0 spiro atoms. The summed E-state index contributed by atoms with van der Waals surface area (Å²) in [7, 11) is 1.57. The average Bonchev–Trinajstić information content (AvgIpc) is 2.24. The van der Waals surface area contributed by atoms with E-state index in [9.17, 15) is 9.59 Å². The fourth-order valence-corrected chi connectivity index (χ4v) is 1.14. The molecule has 0 aromatic heterocycles. The predicted octanol–water partition coefficient (Wildman–Crippen LogP) is 0.573. The first kappa shape index (κ1) is 14.9. The van der Waals surface area contributed by atoms with Gasteiger partial charge in [0.1, 0.15) is 0 Å². The van der Waals surface area contributed by atoms with Crippen molar-refractivity contribution in [3.05, 3.63) is 0 Å². The number of carbonyl (C=O) groups is 2. The lowest BCUT2D eigenvalue weighted by Crippen LogP contribution is -2.50. The van der Waals surface area contributed by atoms with E-state index < -0.39 is 23.3 Å². The van der Waals surface area contributed by atoms with Crippen LogP contribution in [0.4, 0.5) is 0 Å². The second-order valence-corrected chi connectivity index (χ2v) is 4.78. The molecule has 2 atom stereocenters. The fraction of sp³-hybridized carbons (Fsp3) is 0.818. The third kappa shape index (κ3) is 3.20. The van der Waals surface area contributed by atoms with E-state index in [2.05, 4.69) is 0 Å². The van der Waals surface area contributed by atoms with Gasteiger partial charge in [0.25, 0.3) is 0 Å². The third-order valence-electron chi connectivity index (χ3n) is 3.15. The van der Waals surface area contributed by atoms with E-state index in [1.807, 2.05) is 0 Å². The summed E-state index contributed by atoms with van der Waals surface area (Å²) in [5.74, 6) is -2.59. The van der Waals surface area contributed by atoms with Crippen LogP contribution in [0.15, 0.2) is 0 Å². The molecule has 0 aromatic rings. The van der Waals surface area contributed by atoms with Crippen molar-refractivity contribution in [1.29, 1.82) is 0 Å². The fourth-order valence-electron chi connectivity index (χ4n) is 1.14. The molecule has 0 fully saturated rings. The lowest BCUT2D eigenvalue weighted by atomic mass is 9.92. The Hall–Kier alpha value is -1.10. The molecule has 94 valence electrons. The van der Waals surface area contributed by atoms with Gasteiger partial charge in [-0.05, 0) is 13.8 Å². The van der Waals surface area contributed by atoms with Gasteiger partial charge in [-0.1, -0.05) is 13.8 Å². The van der Waals surface area contributed by atoms with Crippen molar-refractivity contribution < 1.29 is 19.8 Å². The monoisotopic (exact) mass is 231 g/mol. The molecule has 2 unspecified atom stereocenters. The number of likely N-dealkylation sites (N-methyl/N-ethyl adjacent to an activating group) is 1. The van der Waals surface area contributed by atoms with Crippen LogP contribution in [0.1, 0.15) is 27.7 Å². The number of carboxylic acids is 1. The summed E-state index contributed by atoms with van der Waals surface area (Å²) in [5.41, 5.74) is -0.677. The highest BCUT2D eigenvalue weighted by molar-refractivity contribution is 5.84. The zero-order valence-corrected chi connectivity index (χ0v) is 10.5. The van der Waals surface area contributed by atoms with Crippen LogP contribution >= 0.6 is 0 Å². The number of nitrogens with zero attached hydrogens (tertiary/aromatic N) is 1. The van der Waals surface area contributed by atoms with Crippen LogP contribution in [0.2, 0.25) is 0 Å². The molecule has 0 aromatic carbocycles. The van der Waals surface area contributed by atoms with Gasteiger partial charge in [-0.3, -0.25) is 9.59 Å². The van der Waals surface area contributed by atoms with Gasteiger partial charge in [0, 0.05) is 13.0 Å². The van der Waals surface area contributed by atoms with Crippen LogP contribution in [0.25, 0.3) is 0 Å². The van der Waals surface area contributed by atoms with Crippen molar-refractivity contribution in [2.24, 2.45) is 11.8 Å². The number of aliphatic carboxylic acids is 1. The molecular weight excluding hydrogens is 210 g/mol. The Morgan fingerprint density at radius 3 is 2.00 bits per heavy atom. The summed E-state index contributed by atoms with van der Waals surface area (Å²) in [6, 6.07) is 0. The standard InChI is InChI=1S/C11H21NO4/c1-7(8(2)10(15)16)9(14)12(5)11(3,4)6-13/h7-8,13H,6H2,1-5H3,(H,15,16). The molecule has 0 aliphatic rings. The number of rotatable bonds is 5. The maximum absolute atomic E-state index is 11.9. The SMILES string of the molecule is CC(C(=O)O)C(C)C(=O)N(C)C(C)(C)CO. The Bertz CT molecular complexity index is 275. The van der Waals surface area contributed by atoms with Crippen LogP contribution in [0.3, 0.4) is 0 Å². The second-order valence-electron chi connectivity index (χ2n) is 4.78. The van der Waals surface area contributed by atoms with E-state index in [4.69, 9.17) is 10.2 Å². The summed E-state index contributed by atoms with van der Waals surface area (Å²) < 4.78 is 0. The number of carbonyl (C=O) groups excluding carboxylic acids is 1. The minimum Gasteiger partial charge on any atom is -0.481 e. The van der Waals surface area contributed by atoms with Gasteiger partial charge >= 0.3 is 5.97 Å². The van der Waals surface area contributed by atoms with E-state index in [1.165, 1.54) is 11.8 Å². The van der Waals surface area contributed by atoms with E-state index in [1.54, 1.807) is 27.8 Å². The number of hydrogen-bond donors (Lipinski definition) is 2. The van der Waals surface area contributed by atoms with E-state index in [0.717, 1.165) is 0 Å². The summed E-state index contributed by atoms with van der Waals surface area (Å²) >= 11 is 0. The zero-order valence-electron chi connectivity index (χ0n) is 10.5. The number of aliphatic hydroxyl groups excluding tert-OH is 1. The molecule has 5 heteroatoms. The predicted molar refractivity (Wildman–Crippen MR) is 59.9 cm³/mol. The highest BCUT2D eigenvalue weighted by Gasteiger charge is 2.33. The first-order chi connectivity index (χ1) is 7.15. The lowest BCUT2D eigenvalue weighted by molar-refractivity contribution is -0.151. The molecule has 0 aliphatic carbocycles. The summed E-state index contributed by atoms with van der Waals surface area (Å²) in [6.07, 6.45) is 0. The molecule has 0 bridgehead atoms. The van der Waals surface area contributed by atoms with Gasteiger partial charge in [-0.2, -0.15) is 0 Å². The van der Waals surface area contributed by atoms with E-state index in [-0.39, 0.29) is 12.5 Å². The summed E-state index contributed by atoms with van der Waals surface area (Å²) in [6.45, 7) is 6.38.